The number of thioether (sulfide) groups is 1. The van der Waals surface area contributed by atoms with Gasteiger partial charge in [-0.2, -0.15) is 5.10 Å². The molecule has 6 nitrogen and oxygen atoms in total. The molecule has 1 amide bonds. The van der Waals surface area contributed by atoms with Gasteiger partial charge in [0.15, 0.2) is 11.0 Å². The van der Waals surface area contributed by atoms with Crippen molar-refractivity contribution in [3.05, 3.63) is 65.2 Å². The van der Waals surface area contributed by atoms with Crippen molar-refractivity contribution in [3.8, 4) is 11.4 Å². The van der Waals surface area contributed by atoms with Gasteiger partial charge in [-0.05, 0) is 24.1 Å². The van der Waals surface area contributed by atoms with Crippen LogP contribution in [0.4, 0.5) is 0 Å². The quantitative estimate of drug-likeness (QED) is 0.358. The Morgan fingerprint density at radius 3 is 2.68 bits per heavy atom. The van der Waals surface area contributed by atoms with E-state index < -0.39 is 0 Å². The Hall–Kier alpha value is -2.64. The minimum absolute atomic E-state index is 0.191. The van der Waals surface area contributed by atoms with Crippen molar-refractivity contribution in [2.24, 2.45) is 12.1 Å². The van der Waals surface area contributed by atoms with Gasteiger partial charge in [0.05, 0.1) is 11.5 Å². The van der Waals surface area contributed by atoms with Crippen LogP contribution in [0, 0.1) is 0 Å². The fourth-order valence-corrected chi connectivity index (χ4v) is 3.48. The van der Waals surface area contributed by atoms with Crippen LogP contribution in [0.3, 0.4) is 0 Å². The molecule has 0 aliphatic rings. The van der Waals surface area contributed by atoms with Gasteiger partial charge in [0.1, 0.15) is 0 Å². The predicted molar refractivity (Wildman–Crippen MR) is 114 cm³/mol. The summed E-state index contributed by atoms with van der Waals surface area (Å²) in [5.41, 5.74) is 5.33. The fourth-order valence-electron chi connectivity index (χ4n) is 2.59. The summed E-state index contributed by atoms with van der Waals surface area (Å²) in [7, 11) is 1.86. The maximum Gasteiger partial charge on any atom is 0.250 e. The first-order valence-electron chi connectivity index (χ1n) is 8.77. The lowest BCUT2D eigenvalue weighted by Crippen LogP contribution is -2.22. The number of carbonyl (C=O) groups is 1. The topological polar surface area (TPSA) is 72.2 Å². The zero-order valence-electron chi connectivity index (χ0n) is 15.6. The van der Waals surface area contributed by atoms with Crippen molar-refractivity contribution in [2.45, 2.75) is 18.5 Å². The molecule has 1 N–H and O–H groups in total. The zero-order valence-corrected chi connectivity index (χ0v) is 17.2. The molecular weight excluding hydrogens is 394 g/mol. The third-order valence-electron chi connectivity index (χ3n) is 4.01. The molecule has 0 fully saturated rings. The summed E-state index contributed by atoms with van der Waals surface area (Å²) < 4.78 is 1.84. The lowest BCUT2D eigenvalue weighted by atomic mass is 10.1. The van der Waals surface area contributed by atoms with Gasteiger partial charge < -0.3 is 4.57 Å². The number of hydrogen-bond acceptors (Lipinski definition) is 5. The Balaban J connectivity index is 1.61. The van der Waals surface area contributed by atoms with Crippen LogP contribution in [0.5, 0.6) is 0 Å². The Bertz CT molecular complexity index is 987. The van der Waals surface area contributed by atoms with Gasteiger partial charge in [0.25, 0.3) is 5.91 Å². The van der Waals surface area contributed by atoms with E-state index in [1.165, 1.54) is 11.8 Å². The van der Waals surface area contributed by atoms with E-state index in [0.29, 0.717) is 16.0 Å². The zero-order chi connectivity index (χ0) is 19.9. The number of halogens is 1. The third kappa shape index (κ3) is 4.99. The molecular formula is C20H20ClN5OS. The monoisotopic (exact) mass is 413 g/mol. The lowest BCUT2D eigenvalue weighted by Gasteiger charge is -2.06. The highest BCUT2D eigenvalue weighted by atomic mass is 35.5. The van der Waals surface area contributed by atoms with Crippen molar-refractivity contribution >= 4 is 35.0 Å². The molecule has 144 valence electrons. The number of hydrazone groups is 1. The smallest absolute Gasteiger partial charge is 0.250 e. The molecule has 0 aliphatic heterocycles. The molecule has 0 unspecified atom stereocenters. The van der Waals surface area contributed by atoms with Gasteiger partial charge in [0.2, 0.25) is 0 Å². The fraction of sp³-hybridized carbons (Fsp3) is 0.200. The summed E-state index contributed by atoms with van der Waals surface area (Å²) in [5, 5.41) is 13.9. The minimum Gasteiger partial charge on any atom is -0.305 e. The first kappa shape index (κ1) is 20.1. The Morgan fingerprint density at radius 2 is 1.96 bits per heavy atom. The van der Waals surface area contributed by atoms with Crippen LogP contribution in [-0.2, 0) is 11.8 Å². The summed E-state index contributed by atoms with van der Waals surface area (Å²) in [6.07, 6.45) is 0.726. The van der Waals surface area contributed by atoms with E-state index in [0.717, 1.165) is 23.3 Å². The number of nitrogens with zero attached hydrogens (tertiary/aromatic N) is 4. The normalized spacial score (nSPS) is 11.5. The van der Waals surface area contributed by atoms with E-state index in [9.17, 15) is 4.79 Å². The van der Waals surface area contributed by atoms with Crippen molar-refractivity contribution in [1.29, 1.82) is 0 Å². The van der Waals surface area contributed by atoms with Gasteiger partial charge in [-0.25, -0.2) is 5.43 Å². The average Bonchev–Trinajstić information content (AvgIpc) is 3.08. The second-order valence-electron chi connectivity index (χ2n) is 5.98. The van der Waals surface area contributed by atoms with Crippen LogP contribution in [0.1, 0.15) is 18.9 Å². The van der Waals surface area contributed by atoms with Gasteiger partial charge in [-0.15, -0.1) is 10.2 Å². The summed E-state index contributed by atoms with van der Waals surface area (Å²) >= 11 is 7.35. The Labute approximate surface area is 173 Å². The van der Waals surface area contributed by atoms with E-state index in [1.807, 2.05) is 73.1 Å². The Kier molecular flexibility index (Phi) is 6.84. The summed E-state index contributed by atoms with van der Waals surface area (Å²) in [5.74, 6) is 0.691. The molecule has 1 heterocycles. The highest BCUT2D eigenvalue weighted by Crippen LogP contribution is 2.24. The molecule has 8 heteroatoms. The first-order valence-corrected chi connectivity index (χ1v) is 10.1. The largest absolute Gasteiger partial charge is 0.305 e. The number of benzene rings is 2. The van der Waals surface area contributed by atoms with Crippen molar-refractivity contribution in [2.75, 3.05) is 5.75 Å². The molecule has 0 atom stereocenters. The molecule has 0 bridgehead atoms. The molecule has 0 spiro atoms. The van der Waals surface area contributed by atoms with E-state index in [-0.39, 0.29) is 11.7 Å². The number of hydrogen-bond donors (Lipinski definition) is 1. The first-order chi connectivity index (χ1) is 13.6. The summed E-state index contributed by atoms with van der Waals surface area (Å²) in [4.78, 5) is 12.2. The molecule has 0 aliphatic carbocycles. The highest BCUT2D eigenvalue weighted by Gasteiger charge is 2.13. The van der Waals surface area contributed by atoms with Crippen LogP contribution in [0.15, 0.2) is 64.9 Å². The summed E-state index contributed by atoms with van der Waals surface area (Å²) in [6, 6.07) is 17.2. The number of carbonyl (C=O) groups excluding carboxylic acids is 1. The molecule has 0 saturated heterocycles. The van der Waals surface area contributed by atoms with Gasteiger partial charge >= 0.3 is 0 Å². The summed E-state index contributed by atoms with van der Waals surface area (Å²) in [6.45, 7) is 2.00. The van der Waals surface area contributed by atoms with E-state index >= 15 is 0 Å². The van der Waals surface area contributed by atoms with Crippen LogP contribution in [0.2, 0.25) is 5.02 Å². The second-order valence-corrected chi connectivity index (χ2v) is 7.36. The molecule has 0 radical (unpaired) electrons. The van der Waals surface area contributed by atoms with Crippen molar-refractivity contribution in [1.82, 2.24) is 20.2 Å². The van der Waals surface area contributed by atoms with Crippen LogP contribution < -0.4 is 5.43 Å². The molecule has 3 aromatic rings. The number of amides is 1. The van der Waals surface area contributed by atoms with Crippen molar-refractivity contribution in [3.63, 3.8) is 0 Å². The van der Waals surface area contributed by atoms with E-state index in [2.05, 4.69) is 20.7 Å². The third-order valence-corrected chi connectivity index (χ3v) is 5.26. The van der Waals surface area contributed by atoms with Crippen LogP contribution >= 0.6 is 23.4 Å². The second kappa shape index (κ2) is 9.52. The van der Waals surface area contributed by atoms with Gasteiger partial charge in [-0.3, -0.25) is 4.79 Å². The molecule has 0 saturated carbocycles. The molecule has 28 heavy (non-hydrogen) atoms. The minimum atomic E-state index is -0.195. The number of nitrogens with one attached hydrogen (secondary N) is 1. The average molecular weight is 414 g/mol. The van der Waals surface area contributed by atoms with Crippen LogP contribution in [-0.4, -0.2) is 32.1 Å². The SMILES string of the molecule is CC/C(=N\NC(=O)CSc1nnc(-c2cccc(Cl)c2)n1C)c1ccccc1. The standard InChI is InChI=1S/C20H20ClN5OS/c1-3-17(14-8-5-4-6-9-14)22-23-18(27)13-28-20-25-24-19(26(20)2)15-10-7-11-16(21)12-15/h4-12H,3,13H2,1-2H3,(H,23,27)/b22-17+. The van der Waals surface area contributed by atoms with E-state index in [1.54, 1.807) is 0 Å². The predicted octanol–water partition coefficient (Wildman–Crippen LogP) is 4.16. The van der Waals surface area contributed by atoms with Crippen LogP contribution in [0.25, 0.3) is 11.4 Å². The number of aromatic nitrogens is 3. The maximum atomic E-state index is 12.2. The molecule has 3 rings (SSSR count). The van der Waals surface area contributed by atoms with Crippen molar-refractivity contribution < 1.29 is 4.79 Å². The van der Waals surface area contributed by atoms with E-state index in [4.69, 9.17) is 11.6 Å². The Morgan fingerprint density at radius 1 is 1.18 bits per heavy atom. The number of rotatable bonds is 7. The highest BCUT2D eigenvalue weighted by molar-refractivity contribution is 7.99. The lowest BCUT2D eigenvalue weighted by molar-refractivity contribution is -0.118. The van der Waals surface area contributed by atoms with Gasteiger partial charge in [-0.1, -0.05) is 72.8 Å². The molecule has 2 aromatic carbocycles. The van der Waals surface area contributed by atoms with Gasteiger partial charge in [0, 0.05) is 17.6 Å². The maximum absolute atomic E-state index is 12.2. The molecule has 1 aromatic heterocycles.